The van der Waals surface area contributed by atoms with E-state index in [1.54, 1.807) is 13.8 Å². The van der Waals surface area contributed by atoms with Gasteiger partial charge in [0.2, 0.25) is 0 Å². The normalized spacial score (nSPS) is 12.5. The molecule has 2 nitrogen and oxygen atoms in total. The maximum Gasteiger partial charge on any atom is 0.482 e. The van der Waals surface area contributed by atoms with Crippen molar-refractivity contribution in [3.63, 3.8) is 0 Å². The number of allylic oxidation sites excluding steroid dienone is 4. The molecule has 0 spiro atoms. The fourth-order valence-electron chi connectivity index (χ4n) is 0.572. The molecular formula is C8H11F3NO+. The zero-order chi connectivity index (χ0) is 10.6. The summed E-state index contributed by atoms with van der Waals surface area (Å²) < 4.78 is 36.1. The molecule has 0 amide bonds. The van der Waals surface area contributed by atoms with Gasteiger partial charge in [-0.3, -0.25) is 5.21 Å². The van der Waals surface area contributed by atoms with E-state index in [-0.39, 0.29) is 4.74 Å². The quantitative estimate of drug-likeness (QED) is 0.236. The predicted molar refractivity (Wildman–Crippen MR) is 42.7 cm³/mol. The molecule has 0 saturated carbocycles. The van der Waals surface area contributed by atoms with Crippen LogP contribution in [0.5, 0.6) is 0 Å². The summed E-state index contributed by atoms with van der Waals surface area (Å²) >= 11 is 0. The number of nitrogens with zero attached hydrogens (tertiary/aromatic N) is 1. The van der Waals surface area contributed by atoms with Gasteiger partial charge in [-0.1, -0.05) is 11.6 Å². The number of hydrogen-bond acceptors (Lipinski definition) is 1. The zero-order valence-corrected chi connectivity index (χ0v) is 7.39. The summed E-state index contributed by atoms with van der Waals surface area (Å²) in [6.07, 6.45) is -2.58. The highest BCUT2D eigenvalue weighted by Crippen LogP contribution is 2.25. The van der Waals surface area contributed by atoms with Crippen molar-refractivity contribution in [3.8, 4) is 0 Å². The fraction of sp³-hybridized carbons (Fsp3) is 0.375. The van der Waals surface area contributed by atoms with E-state index in [0.717, 1.165) is 6.08 Å². The molecule has 0 aromatic rings. The van der Waals surface area contributed by atoms with Crippen LogP contribution in [0, 0.1) is 0 Å². The molecule has 0 heterocycles. The standard InChI is InChI=1S/C8H11F3NO/c1-6(2)4-5-7(12(3)13)8(9,10)11/h4-5,13H,3H2,1-2H3/q+1/b7-5-. The molecular weight excluding hydrogens is 183 g/mol. The van der Waals surface area contributed by atoms with Gasteiger partial charge < -0.3 is 0 Å². The Kier molecular flexibility index (Phi) is 3.71. The average Bonchev–Trinajstić information content (AvgIpc) is 1.81. The van der Waals surface area contributed by atoms with E-state index in [1.807, 2.05) is 0 Å². The minimum atomic E-state index is -4.59. The SMILES string of the molecule is C=[N+](O)/C(=C\C=C(C)C)C(F)(F)F. The van der Waals surface area contributed by atoms with E-state index >= 15 is 0 Å². The van der Waals surface area contributed by atoms with Gasteiger partial charge in [-0.25, -0.2) is 0 Å². The van der Waals surface area contributed by atoms with Crippen LogP contribution in [0.4, 0.5) is 13.2 Å². The van der Waals surface area contributed by atoms with Crippen molar-refractivity contribution in [2.24, 2.45) is 0 Å². The number of halogens is 3. The maximum atomic E-state index is 12.1. The first kappa shape index (κ1) is 11.7. The Labute approximate surface area is 74.3 Å². The molecule has 0 aliphatic rings. The molecule has 0 aromatic carbocycles. The molecule has 0 unspecified atom stereocenters. The smallest absolute Gasteiger partial charge is 0.285 e. The Morgan fingerprint density at radius 2 is 1.77 bits per heavy atom. The van der Waals surface area contributed by atoms with Crippen LogP contribution in [0.25, 0.3) is 0 Å². The lowest BCUT2D eigenvalue weighted by Crippen LogP contribution is -2.20. The number of alkyl halides is 3. The van der Waals surface area contributed by atoms with E-state index in [9.17, 15) is 13.2 Å². The molecule has 74 valence electrons. The lowest BCUT2D eigenvalue weighted by molar-refractivity contribution is -0.743. The Bertz CT molecular complexity index is 259. The first-order chi connectivity index (χ1) is 5.75. The molecule has 0 radical (unpaired) electrons. The van der Waals surface area contributed by atoms with E-state index < -0.39 is 11.9 Å². The zero-order valence-electron chi connectivity index (χ0n) is 7.39. The van der Waals surface area contributed by atoms with E-state index in [4.69, 9.17) is 5.21 Å². The molecule has 0 bridgehead atoms. The maximum absolute atomic E-state index is 12.1. The minimum Gasteiger partial charge on any atom is -0.285 e. The molecule has 0 saturated heterocycles. The molecule has 1 N–H and O–H groups in total. The highest BCUT2D eigenvalue weighted by molar-refractivity contribution is 5.20. The Hall–Kier alpha value is -1.26. The van der Waals surface area contributed by atoms with Crippen LogP contribution < -0.4 is 0 Å². The Morgan fingerprint density at radius 1 is 1.31 bits per heavy atom. The van der Waals surface area contributed by atoms with E-state index in [1.165, 1.54) is 6.08 Å². The highest BCUT2D eigenvalue weighted by atomic mass is 19.4. The summed E-state index contributed by atoms with van der Waals surface area (Å²) in [5.74, 6) is 0. The summed E-state index contributed by atoms with van der Waals surface area (Å²) in [6.45, 7) is 6.05. The van der Waals surface area contributed by atoms with Crippen LogP contribution in [0.1, 0.15) is 13.8 Å². The largest absolute Gasteiger partial charge is 0.482 e. The van der Waals surface area contributed by atoms with Crippen molar-refractivity contribution in [2.75, 3.05) is 0 Å². The summed E-state index contributed by atoms with van der Waals surface area (Å²) in [5, 5.41) is 8.57. The molecule has 5 heteroatoms. The third kappa shape index (κ3) is 4.35. The van der Waals surface area contributed by atoms with Gasteiger partial charge in [-0.2, -0.15) is 13.2 Å². The van der Waals surface area contributed by atoms with Gasteiger partial charge in [-0.15, -0.1) is 0 Å². The van der Waals surface area contributed by atoms with Crippen LogP contribution in [0.2, 0.25) is 0 Å². The molecule has 13 heavy (non-hydrogen) atoms. The van der Waals surface area contributed by atoms with E-state index in [0.29, 0.717) is 5.57 Å². The molecule has 0 fully saturated rings. The summed E-state index contributed by atoms with van der Waals surface area (Å²) in [5.41, 5.74) is -0.502. The van der Waals surface area contributed by atoms with Crippen molar-refractivity contribution in [1.82, 2.24) is 0 Å². The second kappa shape index (κ2) is 4.11. The number of hydrogen-bond donors (Lipinski definition) is 1. The van der Waals surface area contributed by atoms with Crippen molar-refractivity contribution >= 4 is 6.72 Å². The van der Waals surface area contributed by atoms with Crippen LogP contribution >= 0.6 is 0 Å². The first-order valence-electron chi connectivity index (χ1n) is 3.47. The lowest BCUT2D eigenvalue weighted by Gasteiger charge is -2.01. The highest BCUT2D eigenvalue weighted by Gasteiger charge is 2.43. The number of rotatable bonds is 2. The van der Waals surface area contributed by atoms with Gasteiger partial charge in [0.25, 0.3) is 0 Å². The average molecular weight is 194 g/mol. The second-order valence-electron chi connectivity index (χ2n) is 2.69. The summed E-state index contributed by atoms with van der Waals surface area (Å²) in [6, 6.07) is 0. The third-order valence-electron chi connectivity index (χ3n) is 1.14. The molecule has 0 atom stereocenters. The molecule has 0 aliphatic carbocycles. The predicted octanol–water partition coefficient (Wildman–Crippen LogP) is 2.50. The van der Waals surface area contributed by atoms with Crippen molar-refractivity contribution in [2.45, 2.75) is 20.0 Å². The van der Waals surface area contributed by atoms with E-state index in [2.05, 4.69) is 6.72 Å². The van der Waals surface area contributed by atoms with Gasteiger partial charge in [-0.05, 0) is 13.8 Å². The minimum absolute atomic E-state index is 0.195. The fourth-order valence-corrected chi connectivity index (χ4v) is 0.572. The van der Waals surface area contributed by atoms with Crippen LogP contribution in [0.15, 0.2) is 23.4 Å². The van der Waals surface area contributed by atoms with Crippen LogP contribution in [-0.4, -0.2) is 22.8 Å². The van der Waals surface area contributed by atoms with Gasteiger partial charge in [0.15, 0.2) is 6.72 Å². The Balaban J connectivity index is 4.95. The topological polar surface area (TPSA) is 23.2 Å². The van der Waals surface area contributed by atoms with Crippen LogP contribution in [-0.2, 0) is 0 Å². The number of hydroxylamine groups is 1. The second-order valence-corrected chi connectivity index (χ2v) is 2.69. The lowest BCUT2D eigenvalue weighted by atomic mass is 10.3. The van der Waals surface area contributed by atoms with Gasteiger partial charge in [0.05, 0.1) is 0 Å². The summed E-state index contributed by atoms with van der Waals surface area (Å²) in [4.78, 5) is 0. The van der Waals surface area contributed by atoms with Gasteiger partial charge in [0, 0.05) is 10.8 Å². The third-order valence-corrected chi connectivity index (χ3v) is 1.14. The summed E-state index contributed by atoms with van der Waals surface area (Å²) in [7, 11) is 0. The molecule has 0 aliphatic heterocycles. The van der Waals surface area contributed by atoms with Crippen molar-refractivity contribution < 1.29 is 23.1 Å². The van der Waals surface area contributed by atoms with Crippen molar-refractivity contribution in [1.29, 1.82) is 0 Å². The first-order valence-corrected chi connectivity index (χ1v) is 3.47. The molecule has 0 aromatic heterocycles. The van der Waals surface area contributed by atoms with Crippen LogP contribution in [0.3, 0.4) is 0 Å². The monoisotopic (exact) mass is 194 g/mol. The van der Waals surface area contributed by atoms with Gasteiger partial charge >= 0.3 is 11.9 Å². The van der Waals surface area contributed by atoms with Crippen molar-refractivity contribution in [3.05, 3.63) is 23.4 Å². The Morgan fingerprint density at radius 3 is 2.00 bits per heavy atom. The molecule has 0 rings (SSSR count). The van der Waals surface area contributed by atoms with Gasteiger partial charge in [0.1, 0.15) is 0 Å².